The summed E-state index contributed by atoms with van der Waals surface area (Å²) in [7, 11) is 0. The number of anilines is 3. The van der Waals surface area contributed by atoms with Crippen LogP contribution in [-0.2, 0) is 52.3 Å². The van der Waals surface area contributed by atoms with Crippen molar-refractivity contribution in [2.45, 2.75) is 148 Å². The van der Waals surface area contributed by atoms with E-state index >= 15 is 0 Å². The molecule has 7 rings (SSSR count). The molecule has 0 aromatic carbocycles. The lowest BCUT2D eigenvalue weighted by Crippen LogP contribution is -2.51. The van der Waals surface area contributed by atoms with E-state index in [0.29, 0.717) is 16.9 Å². The van der Waals surface area contributed by atoms with E-state index in [-0.39, 0.29) is 24.2 Å². The number of azide groups is 1. The van der Waals surface area contributed by atoms with Crippen LogP contribution >= 0.6 is 0 Å². The fourth-order valence-electron chi connectivity index (χ4n) is 8.26. The number of aliphatic hydroxyl groups is 5. The normalized spacial score (nSPS) is 28.4. The summed E-state index contributed by atoms with van der Waals surface area (Å²) in [5.41, 5.74) is 25.2. The van der Waals surface area contributed by atoms with E-state index in [1.807, 2.05) is 0 Å². The molecule has 440 valence electrons. The van der Waals surface area contributed by atoms with Crippen molar-refractivity contribution in [2.24, 2.45) is 34.5 Å². The molecule has 0 bridgehead atoms. The number of carbonyl (C=O) groups excluding carboxylic acids is 4. The van der Waals surface area contributed by atoms with Crippen LogP contribution in [0.15, 0.2) is 57.8 Å². The number of nitrogen functional groups attached to an aromatic ring is 3. The van der Waals surface area contributed by atoms with Gasteiger partial charge in [0.05, 0.1) is 36.4 Å². The smallest absolute Gasteiger partial charge is 0.351 e. The molecule has 0 spiro atoms. The van der Waals surface area contributed by atoms with Gasteiger partial charge in [-0.25, -0.2) is 19.6 Å². The van der Waals surface area contributed by atoms with E-state index in [4.69, 9.17) is 56.1 Å². The minimum atomic E-state index is -2.17. The molecule has 0 radical (unpaired) electrons. The molecule has 0 aliphatic carbocycles. The molecule has 3 aliphatic heterocycles. The van der Waals surface area contributed by atoms with Crippen molar-refractivity contribution in [1.82, 2.24) is 33.6 Å². The fraction of sp³-hybridized carbons (Fsp3) is 0.625. The van der Waals surface area contributed by atoms with Gasteiger partial charge in [0.2, 0.25) is 5.72 Å². The van der Waals surface area contributed by atoms with E-state index in [1.54, 1.807) is 72.2 Å². The second kappa shape index (κ2) is 25.8. The molecule has 7 heterocycles. The van der Waals surface area contributed by atoms with Crippen LogP contribution in [0.25, 0.3) is 21.5 Å². The molecular weight excluding hydrogens is 1060 g/mol. The largest absolute Gasteiger partial charge is 0.462 e. The standard InChI is InChI=1S/C21H30N6O8.C15H24N4O6.C12H16N4O4/c1-10(2)17(28)32-9-21(25-26-23)15(34-19(30)12(5)6)14(33-18(29)11(3)4)16(35-21)27-8-7-13(22)24-20(27)31;1-7(2)10(17)12(21)25-11-8(6-20)24-13(15(11,3)23)19-5-4-9(16)18-14(19)22;1-12(19)8(18)7(4-17)20-11(12)16-3-2-6-9(13)14-5-15-10(6)16/h7-8,10-12,14-16H,9H2,1-6H3,(H2,22,24,31);4-5,7-8,10-11,13,20,23H,6,17H2,1-3H3,(H2,16,18,22);2-3,5,7-8,11,17-19H,4H2,1H3,(H2,13,14,15)/t14-,15+,16?,21-;8?,10-,11+,13?,15+;7-,8-,11-,12-/m101/s1. The van der Waals surface area contributed by atoms with Gasteiger partial charge in [-0.2, -0.15) is 9.97 Å². The van der Waals surface area contributed by atoms with E-state index in [1.165, 1.54) is 44.7 Å². The van der Waals surface area contributed by atoms with Crippen molar-refractivity contribution in [1.29, 1.82) is 0 Å². The number of fused-ring (bicyclic) bond motifs is 1. The third-order valence-electron chi connectivity index (χ3n) is 13.0. The summed E-state index contributed by atoms with van der Waals surface area (Å²) in [6.45, 7) is 14.1. The maximum atomic E-state index is 12.6. The van der Waals surface area contributed by atoms with Gasteiger partial charge < -0.3 is 86.2 Å². The first kappa shape index (κ1) is 63.4. The summed E-state index contributed by atoms with van der Waals surface area (Å²) in [6, 6.07) is 3.48. The Labute approximate surface area is 456 Å². The van der Waals surface area contributed by atoms with Gasteiger partial charge in [0.15, 0.2) is 37.0 Å². The molecule has 13 N–H and O–H groups in total. The number of carbonyl (C=O) groups is 4. The number of aliphatic hydroxyl groups excluding tert-OH is 3. The number of nitrogens with two attached hydrogens (primary N) is 4. The van der Waals surface area contributed by atoms with Gasteiger partial charge in [-0.3, -0.25) is 28.3 Å². The van der Waals surface area contributed by atoms with Crippen molar-refractivity contribution in [3.63, 3.8) is 0 Å². The van der Waals surface area contributed by atoms with E-state index < -0.39 is 145 Å². The van der Waals surface area contributed by atoms with Crippen molar-refractivity contribution >= 4 is 52.4 Å². The van der Waals surface area contributed by atoms with Crippen molar-refractivity contribution in [3.05, 3.63) is 74.5 Å². The molecular formula is C48H70N14O18. The van der Waals surface area contributed by atoms with Gasteiger partial charge in [-0.05, 0) is 43.5 Å². The van der Waals surface area contributed by atoms with Crippen LogP contribution in [-0.4, -0.2) is 162 Å². The predicted molar refractivity (Wildman–Crippen MR) is 277 cm³/mol. The topological polar surface area (TPSA) is 487 Å². The number of nitrogens with zero attached hydrogens (tertiary/aromatic N) is 10. The highest BCUT2D eigenvalue weighted by atomic mass is 16.7. The number of esters is 4. The third-order valence-corrected chi connectivity index (χ3v) is 13.0. The van der Waals surface area contributed by atoms with E-state index in [0.717, 1.165) is 9.13 Å². The molecule has 0 saturated carbocycles. The zero-order valence-corrected chi connectivity index (χ0v) is 45.6. The molecule has 0 amide bonds. The highest BCUT2D eigenvalue weighted by Gasteiger charge is 2.62. The minimum Gasteiger partial charge on any atom is -0.462 e. The van der Waals surface area contributed by atoms with Crippen molar-refractivity contribution in [3.8, 4) is 0 Å². The van der Waals surface area contributed by atoms with Crippen LogP contribution in [0.3, 0.4) is 0 Å². The number of rotatable bonds is 16. The van der Waals surface area contributed by atoms with Gasteiger partial charge in [-0.15, -0.1) is 0 Å². The first-order valence-electron chi connectivity index (χ1n) is 25.1. The van der Waals surface area contributed by atoms with Gasteiger partial charge >= 0.3 is 35.3 Å². The second-order valence-electron chi connectivity index (χ2n) is 20.6. The molecule has 3 saturated heterocycles. The molecule has 4 aromatic rings. The molecule has 32 heteroatoms. The Morgan fingerprint density at radius 1 is 0.738 bits per heavy atom. The third kappa shape index (κ3) is 13.6. The number of aromatic nitrogens is 7. The fourth-order valence-corrected chi connectivity index (χ4v) is 8.26. The van der Waals surface area contributed by atoms with Crippen LogP contribution in [0.5, 0.6) is 0 Å². The summed E-state index contributed by atoms with van der Waals surface area (Å²) in [6.07, 6.45) is -5.41. The minimum absolute atomic E-state index is 0.0171. The molecule has 3 unspecified atom stereocenters. The SMILES string of the molecule is CC(C)C(=O)OC[C@@]1(N=[N+]=[N-])OC(n2ccc(N)nc2=O)[C@H](OC(=O)C(C)C)[C@@H]1OC(=O)C(C)C.CC(C)[C@H](N)C(=O)O[C@@H]1C(CO)OC(n2ccc(N)nc2=O)[C@]1(C)O.C[C@@]1(O)[C@H](O)[C@@H](CO)O[C@H]1n1ccc2c(N)ncnc21. The summed E-state index contributed by atoms with van der Waals surface area (Å²) in [5.74, 6) is -4.50. The zero-order valence-electron chi connectivity index (χ0n) is 45.6. The van der Waals surface area contributed by atoms with Crippen LogP contribution < -0.4 is 34.3 Å². The lowest BCUT2D eigenvalue weighted by atomic mass is 9.95. The van der Waals surface area contributed by atoms with Gasteiger partial charge in [0.25, 0.3) is 0 Å². The average molecular weight is 1130 g/mol. The highest BCUT2D eigenvalue weighted by Crippen LogP contribution is 2.44. The Hall–Kier alpha value is -7.39. The predicted octanol–water partition coefficient (Wildman–Crippen LogP) is -0.928. The first-order valence-corrected chi connectivity index (χ1v) is 25.1. The van der Waals surface area contributed by atoms with Gasteiger partial charge in [0.1, 0.15) is 71.6 Å². The maximum absolute atomic E-state index is 12.6. The van der Waals surface area contributed by atoms with Gasteiger partial charge in [0, 0.05) is 23.5 Å². The van der Waals surface area contributed by atoms with E-state index in [9.17, 15) is 59.8 Å². The second-order valence-corrected chi connectivity index (χ2v) is 20.6. The van der Waals surface area contributed by atoms with Crippen LogP contribution in [0.4, 0.5) is 17.5 Å². The van der Waals surface area contributed by atoms with Crippen LogP contribution in [0, 0.1) is 23.7 Å². The highest BCUT2D eigenvalue weighted by molar-refractivity contribution is 5.86. The molecule has 3 aliphatic rings. The molecule has 13 atom stereocenters. The number of ether oxygens (including phenoxy) is 7. The Kier molecular flexibility index (Phi) is 20.5. The molecule has 80 heavy (non-hydrogen) atoms. The Bertz CT molecular complexity index is 3010. The maximum Gasteiger partial charge on any atom is 0.351 e. The van der Waals surface area contributed by atoms with Crippen molar-refractivity contribution < 1.29 is 77.9 Å². The van der Waals surface area contributed by atoms with Gasteiger partial charge in [-0.1, -0.05) is 60.5 Å². The quantitative estimate of drug-likeness (QED) is 0.0215. The molecule has 32 nitrogen and oxygen atoms in total. The molecule has 3 fully saturated rings. The zero-order chi connectivity index (χ0) is 59.9. The Balaban J connectivity index is 0.000000230. The Morgan fingerprint density at radius 2 is 1.25 bits per heavy atom. The summed E-state index contributed by atoms with van der Waals surface area (Å²) in [5, 5.41) is 54.3. The lowest BCUT2D eigenvalue weighted by molar-refractivity contribution is -0.182. The van der Waals surface area contributed by atoms with Crippen LogP contribution in [0.1, 0.15) is 87.9 Å². The summed E-state index contributed by atoms with van der Waals surface area (Å²) < 4.78 is 42.3. The van der Waals surface area contributed by atoms with E-state index in [2.05, 4.69) is 30.0 Å². The number of hydrogen-bond donors (Lipinski definition) is 9. The first-order chi connectivity index (χ1) is 37.4. The van der Waals surface area contributed by atoms with Crippen molar-refractivity contribution in [2.75, 3.05) is 37.0 Å². The van der Waals surface area contributed by atoms with Crippen LogP contribution in [0.2, 0.25) is 0 Å². The lowest BCUT2D eigenvalue weighted by Gasteiger charge is -2.30. The number of hydrogen-bond acceptors (Lipinski definition) is 27. The monoisotopic (exact) mass is 1130 g/mol. The molecule has 4 aromatic heterocycles. The summed E-state index contributed by atoms with van der Waals surface area (Å²) in [4.78, 5) is 92.2. The summed E-state index contributed by atoms with van der Waals surface area (Å²) >= 11 is 0. The Morgan fingerprint density at radius 3 is 1.76 bits per heavy atom. The average Bonchev–Trinajstić information content (AvgIpc) is 4.08.